The molecule has 0 saturated carbocycles. The van der Waals surface area contributed by atoms with E-state index in [2.05, 4.69) is 10.4 Å². The largest absolute Gasteiger partial charge is 0.441 e. The summed E-state index contributed by atoms with van der Waals surface area (Å²) in [7, 11) is 0. The van der Waals surface area contributed by atoms with E-state index in [1.807, 2.05) is 0 Å². The van der Waals surface area contributed by atoms with Gasteiger partial charge < -0.3 is 26.1 Å². The van der Waals surface area contributed by atoms with Crippen LogP contribution >= 0.6 is 0 Å². The lowest BCUT2D eigenvalue weighted by atomic mass is 10.0. The van der Waals surface area contributed by atoms with E-state index in [9.17, 15) is 22.8 Å². The number of nitrogens with zero attached hydrogens (tertiary/aromatic N) is 3. The number of carbonyl (C=O) groups is 2. The maximum Gasteiger partial charge on any atom is 0.410 e. The van der Waals surface area contributed by atoms with Gasteiger partial charge in [-0.3, -0.25) is 9.48 Å². The van der Waals surface area contributed by atoms with Crippen LogP contribution in [0.5, 0.6) is 0 Å². The van der Waals surface area contributed by atoms with Crippen LogP contribution in [0.3, 0.4) is 0 Å². The van der Waals surface area contributed by atoms with Gasteiger partial charge in [0.25, 0.3) is 5.91 Å². The SMILES string of the molecule is N=C1CCN(C(=O)OC(CF)CF)C[C@H]1n1cc(C(N)=O)c(Nc2ccc(F)cc2)n1. The smallest absolute Gasteiger partial charge is 0.410 e. The van der Waals surface area contributed by atoms with Gasteiger partial charge in [-0.15, -0.1) is 0 Å². The van der Waals surface area contributed by atoms with Crippen LogP contribution in [0.2, 0.25) is 0 Å². The highest BCUT2D eigenvalue weighted by atomic mass is 19.1. The van der Waals surface area contributed by atoms with Crippen molar-refractivity contribution in [3.63, 3.8) is 0 Å². The Bertz CT molecular complexity index is 961. The number of anilines is 2. The summed E-state index contributed by atoms with van der Waals surface area (Å²) in [5.74, 6) is -1.11. The van der Waals surface area contributed by atoms with E-state index < -0.39 is 43.3 Å². The molecule has 31 heavy (non-hydrogen) atoms. The number of benzene rings is 1. The summed E-state index contributed by atoms with van der Waals surface area (Å²) in [6.45, 7) is -2.19. The monoisotopic (exact) mass is 438 g/mol. The van der Waals surface area contributed by atoms with E-state index in [4.69, 9.17) is 15.9 Å². The van der Waals surface area contributed by atoms with Gasteiger partial charge >= 0.3 is 6.09 Å². The van der Waals surface area contributed by atoms with Crippen LogP contribution in [0.25, 0.3) is 0 Å². The zero-order valence-electron chi connectivity index (χ0n) is 16.4. The second-order valence-corrected chi connectivity index (χ2v) is 6.92. The third-order valence-corrected chi connectivity index (χ3v) is 4.74. The van der Waals surface area contributed by atoms with Crippen molar-refractivity contribution in [2.75, 3.05) is 31.8 Å². The molecule has 2 amide bonds. The molecule has 166 valence electrons. The Kier molecular flexibility index (Phi) is 6.78. The van der Waals surface area contributed by atoms with Gasteiger partial charge in [0.15, 0.2) is 11.9 Å². The number of amides is 2. The van der Waals surface area contributed by atoms with Crippen molar-refractivity contribution in [2.45, 2.75) is 18.6 Å². The number of likely N-dealkylation sites (tertiary alicyclic amines) is 1. The van der Waals surface area contributed by atoms with E-state index in [1.165, 1.54) is 40.0 Å². The quantitative estimate of drug-likeness (QED) is 0.613. The van der Waals surface area contributed by atoms with Gasteiger partial charge in [-0.2, -0.15) is 5.10 Å². The molecule has 4 N–H and O–H groups in total. The fourth-order valence-electron chi connectivity index (χ4n) is 3.06. The number of rotatable bonds is 7. The number of nitrogens with two attached hydrogens (primary N) is 1. The summed E-state index contributed by atoms with van der Waals surface area (Å²) in [6.07, 6.45) is -0.856. The van der Waals surface area contributed by atoms with Crippen molar-refractivity contribution in [3.8, 4) is 0 Å². The molecule has 2 heterocycles. The molecule has 0 unspecified atom stereocenters. The van der Waals surface area contributed by atoms with E-state index in [0.717, 1.165) is 0 Å². The number of hydrogen-bond donors (Lipinski definition) is 3. The van der Waals surface area contributed by atoms with Crippen molar-refractivity contribution in [2.24, 2.45) is 5.73 Å². The first-order valence-electron chi connectivity index (χ1n) is 9.38. The number of aromatic nitrogens is 2. The molecule has 1 fully saturated rings. The van der Waals surface area contributed by atoms with Gasteiger partial charge in [0, 0.05) is 30.6 Å². The third kappa shape index (κ3) is 5.13. The van der Waals surface area contributed by atoms with Gasteiger partial charge in [-0.25, -0.2) is 18.0 Å². The molecule has 1 aromatic carbocycles. The Morgan fingerprint density at radius 1 is 1.29 bits per heavy atom. The molecule has 9 nitrogen and oxygen atoms in total. The van der Waals surface area contributed by atoms with Crippen LogP contribution in [0.1, 0.15) is 22.8 Å². The average molecular weight is 438 g/mol. The van der Waals surface area contributed by atoms with Gasteiger partial charge in [-0.1, -0.05) is 0 Å². The molecule has 1 aliphatic heterocycles. The molecule has 1 saturated heterocycles. The molecule has 0 bridgehead atoms. The number of carbonyl (C=O) groups excluding carboxylic acids is 2. The first-order valence-corrected chi connectivity index (χ1v) is 9.38. The molecule has 12 heteroatoms. The van der Waals surface area contributed by atoms with Crippen molar-refractivity contribution in [1.82, 2.24) is 14.7 Å². The molecule has 1 aromatic heterocycles. The second kappa shape index (κ2) is 9.49. The summed E-state index contributed by atoms with van der Waals surface area (Å²) in [5, 5.41) is 15.4. The summed E-state index contributed by atoms with van der Waals surface area (Å²) in [6, 6.07) is 4.62. The van der Waals surface area contributed by atoms with E-state index in [-0.39, 0.29) is 36.6 Å². The third-order valence-electron chi connectivity index (χ3n) is 4.74. The maximum atomic E-state index is 13.1. The number of hydrogen-bond acceptors (Lipinski definition) is 6. The number of ether oxygens (including phenoxy) is 1. The minimum Gasteiger partial charge on any atom is -0.441 e. The Labute approximate surface area is 175 Å². The van der Waals surface area contributed by atoms with E-state index in [0.29, 0.717) is 5.69 Å². The average Bonchev–Trinajstić information content (AvgIpc) is 3.17. The summed E-state index contributed by atoms with van der Waals surface area (Å²) < 4.78 is 44.5. The van der Waals surface area contributed by atoms with Crippen molar-refractivity contribution in [3.05, 3.63) is 41.8 Å². The Balaban J connectivity index is 1.81. The Hall–Kier alpha value is -3.57. The minimum atomic E-state index is -1.48. The predicted octanol–water partition coefficient (Wildman–Crippen LogP) is 2.58. The van der Waals surface area contributed by atoms with Crippen LogP contribution in [0, 0.1) is 11.2 Å². The van der Waals surface area contributed by atoms with Crippen molar-refractivity contribution < 1.29 is 27.5 Å². The molecule has 3 rings (SSSR count). The number of halogens is 3. The van der Waals surface area contributed by atoms with Crippen molar-refractivity contribution >= 4 is 29.2 Å². The highest BCUT2D eigenvalue weighted by Crippen LogP contribution is 2.25. The topological polar surface area (TPSA) is 126 Å². The van der Waals surface area contributed by atoms with Gasteiger partial charge in [0.1, 0.15) is 30.8 Å². The first-order chi connectivity index (χ1) is 14.8. The lowest BCUT2D eigenvalue weighted by Gasteiger charge is -2.33. The summed E-state index contributed by atoms with van der Waals surface area (Å²) in [5.41, 5.74) is 6.16. The predicted molar refractivity (Wildman–Crippen MR) is 106 cm³/mol. The lowest BCUT2D eigenvalue weighted by Crippen LogP contribution is -2.46. The Morgan fingerprint density at radius 3 is 2.58 bits per heavy atom. The number of piperidine rings is 1. The fraction of sp³-hybridized carbons (Fsp3) is 0.368. The summed E-state index contributed by atoms with van der Waals surface area (Å²) >= 11 is 0. The number of nitrogens with one attached hydrogen (secondary N) is 2. The highest BCUT2D eigenvalue weighted by Gasteiger charge is 2.32. The zero-order chi connectivity index (χ0) is 22.5. The van der Waals surface area contributed by atoms with E-state index >= 15 is 0 Å². The molecule has 1 aliphatic rings. The molecule has 0 radical (unpaired) electrons. The molecular formula is C19H21F3N6O3. The lowest BCUT2D eigenvalue weighted by molar-refractivity contribution is 0.0362. The molecular weight excluding hydrogens is 417 g/mol. The number of alkyl halides is 2. The van der Waals surface area contributed by atoms with E-state index in [1.54, 1.807) is 0 Å². The van der Waals surface area contributed by atoms with Crippen molar-refractivity contribution in [1.29, 1.82) is 5.41 Å². The second-order valence-electron chi connectivity index (χ2n) is 6.92. The van der Waals surface area contributed by atoms with Crippen LogP contribution < -0.4 is 11.1 Å². The summed E-state index contributed by atoms with van der Waals surface area (Å²) in [4.78, 5) is 25.3. The van der Waals surface area contributed by atoms with Crippen LogP contribution in [0.4, 0.5) is 29.5 Å². The molecule has 0 spiro atoms. The van der Waals surface area contributed by atoms with Gasteiger partial charge in [0.2, 0.25) is 0 Å². The standard InChI is InChI=1S/C19H21F3N6O3/c20-7-13(8-21)31-19(30)27-6-5-15(23)16(10-27)28-9-14(17(24)29)18(26-28)25-12-3-1-11(22)2-4-12/h1-4,9,13,16,23H,5-8,10H2,(H2,24,29)(H,25,26)/t16-/m1/s1. The first kappa shape index (κ1) is 22.1. The van der Waals surface area contributed by atoms with Crippen LogP contribution in [-0.4, -0.2) is 64.9 Å². The fourth-order valence-corrected chi connectivity index (χ4v) is 3.06. The normalized spacial score (nSPS) is 16.5. The zero-order valence-corrected chi connectivity index (χ0v) is 16.4. The molecule has 2 aromatic rings. The Morgan fingerprint density at radius 2 is 1.97 bits per heavy atom. The minimum absolute atomic E-state index is 0.0340. The molecule has 1 atom stereocenters. The van der Waals surface area contributed by atoms with Crippen LogP contribution in [-0.2, 0) is 4.74 Å². The van der Waals surface area contributed by atoms with Gasteiger partial charge in [-0.05, 0) is 24.3 Å². The molecule has 0 aliphatic carbocycles. The van der Waals surface area contributed by atoms with Gasteiger partial charge in [0.05, 0.1) is 6.54 Å². The number of primary amides is 1. The highest BCUT2D eigenvalue weighted by molar-refractivity contribution is 5.98. The van der Waals surface area contributed by atoms with Crippen LogP contribution in [0.15, 0.2) is 30.5 Å². The maximum absolute atomic E-state index is 13.1.